The summed E-state index contributed by atoms with van der Waals surface area (Å²) in [4.78, 5) is 23.7. The van der Waals surface area contributed by atoms with Crippen LogP contribution < -0.4 is 11.1 Å². The fourth-order valence-electron chi connectivity index (χ4n) is 4.05. The highest BCUT2D eigenvalue weighted by Crippen LogP contribution is 2.24. The molecule has 4 rings (SSSR count). The Bertz CT molecular complexity index is 1440. The molecule has 0 aliphatic heterocycles. The Morgan fingerprint density at radius 1 is 0.686 bits per heavy atom. The fourth-order valence-corrected chi connectivity index (χ4v) is 4.32. The van der Waals surface area contributed by atoms with Crippen molar-refractivity contribution in [3.8, 4) is 22.5 Å². The minimum absolute atomic E-state index is 0.0302. The van der Waals surface area contributed by atoms with Crippen LogP contribution in [0.4, 0.5) is 8.78 Å². The molecule has 0 spiro atoms. The Hall–Kier alpha value is -3.51. The van der Waals surface area contributed by atoms with Gasteiger partial charge in [0.05, 0.1) is 11.4 Å². The molecule has 0 aliphatic rings. The van der Waals surface area contributed by atoms with Gasteiger partial charge in [0, 0.05) is 19.2 Å². The highest BCUT2D eigenvalue weighted by Gasteiger charge is 2.12. The average molecular weight is 497 g/mol. The summed E-state index contributed by atoms with van der Waals surface area (Å²) in [5.74, 6) is -0.566. The highest BCUT2D eigenvalue weighted by atomic mass is 35.5. The second-order valence-corrected chi connectivity index (χ2v) is 8.44. The average Bonchev–Trinajstić information content (AvgIpc) is 2.84. The third kappa shape index (κ3) is 5.77. The number of aryl methyl sites for hydroxylation is 2. The zero-order chi connectivity index (χ0) is 25.7. The predicted octanol–water partition coefficient (Wildman–Crippen LogP) is 6.62. The third-order valence-corrected chi connectivity index (χ3v) is 5.96. The first kappa shape index (κ1) is 26.1. The number of benzene rings is 2. The number of halogens is 3. The van der Waals surface area contributed by atoms with E-state index in [0.29, 0.717) is 13.1 Å². The van der Waals surface area contributed by atoms with E-state index in [1.807, 2.05) is 27.7 Å². The zero-order valence-corrected chi connectivity index (χ0v) is 20.9. The first-order valence-electron chi connectivity index (χ1n) is 11.3. The molecule has 0 saturated heterocycles. The van der Waals surface area contributed by atoms with Crippen LogP contribution in [0.15, 0.2) is 76.3 Å². The molecule has 4 aromatic rings. The molecule has 7 heteroatoms. The summed E-state index contributed by atoms with van der Waals surface area (Å²) in [6.07, 6.45) is 0. The van der Waals surface area contributed by atoms with Crippen LogP contribution >= 0.6 is 11.6 Å². The van der Waals surface area contributed by atoms with Crippen LogP contribution in [-0.4, -0.2) is 9.13 Å². The second kappa shape index (κ2) is 11.3. The molecule has 0 fully saturated rings. The van der Waals surface area contributed by atoms with Gasteiger partial charge in [0.2, 0.25) is 0 Å². The molecule has 2 heterocycles. The van der Waals surface area contributed by atoms with Gasteiger partial charge in [-0.2, -0.15) is 0 Å². The summed E-state index contributed by atoms with van der Waals surface area (Å²) in [7, 11) is 0. The molecule has 182 valence electrons. The van der Waals surface area contributed by atoms with Crippen LogP contribution in [0.5, 0.6) is 0 Å². The predicted molar refractivity (Wildman–Crippen MR) is 138 cm³/mol. The van der Waals surface area contributed by atoms with Crippen molar-refractivity contribution in [2.45, 2.75) is 40.8 Å². The van der Waals surface area contributed by atoms with Crippen molar-refractivity contribution in [3.05, 3.63) is 115 Å². The first-order chi connectivity index (χ1) is 16.7. The molecule has 4 nitrogen and oxygen atoms in total. The summed E-state index contributed by atoms with van der Waals surface area (Å²) >= 11 is 5.89. The lowest BCUT2D eigenvalue weighted by atomic mass is 10.1. The first-order valence-corrected chi connectivity index (χ1v) is 11.7. The summed E-state index contributed by atoms with van der Waals surface area (Å²) < 4.78 is 29.1. The van der Waals surface area contributed by atoms with Gasteiger partial charge in [-0.25, -0.2) is 8.78 Å². The normalized spacial score (nSPS) is 10.6. The van der Waals surface area contributed by atoms with Crippen LogP contribution in [0, 0.1) is 25.5 Å². The van der Waals surface area contributed by atoms with Crippen LogP contribution in [0.1, 0.15) is 25.0 Å². The molecule has 0 atom stereocenters. The molecule has 0 bridgehead atoms. The van der Waals surface area contributed by atoms with E-state index in [1.54, 1.807) is 51.6 Å². The largest absolute Gasteiger partial charge is 0.308 e. The van der Waals surface area contributed by atoms with Crippen molar-refractivity contribution < 1.29 is 8.78 Å². The minimum Gasteiger partial charge on any atom is -0.308 e. The van der Waals surface area contributed by atoms with Crippen molar-refractivity contribution >= 4 is 11.6 Å². The maximum Gasteiger partial charge on any atom is 0.269 e. The Balaban J connectivity index is 0.000000196. The van der Waals surface area contributed by atoms with Crippen LogP contribution in [0.25, 0.3) is 22.5 Å². The van der Waals surface area contributed by atoms with Gasteiger partial charge in [0.15, 0.2) is 0 Å². The maximum absolute atomic E-state index is 12.9. The molecule has 0 radical (unpaired) electrons. The quantitative estimate of drug-likeness (QED) is 0.319. The summed E-state index contributed by atoms with van der Waals surface area (Å²) in [5.41, 5.74) is 4.98. The van der Waals surface area contributed by atoms with Crippen molar-refractivity contribution in [1.29, 1.82) is 0 Å². The van der Waals surface area contributed by atoms with Gasteiger partial charge in [0.1, 0.15) is 16.7 Å². The summed E-state index contributed by atoms with van der Waals surface area (Å²) in [5, 5.41) is 0.209. The Kier molecular flexibility index (Phi) is 8.41. The molecule has 0 N–H and O–H groups in total. The van der Waals surface area contributed by atoms with E-state index in [2.05, 4.69) is 0 Å². The standard InChI is InChI=1S/C14H13ClFNO.C14H14FNO/c1-3-17-13(9(2)8-12(15)14(17)18)10-4-6-11(16)7-5-10;1-3-16-13(17)9-4-10(2)14(16)11-5-7-12(15)8-6-11/h4-8H,3H2,1-2H3;4-9H,3H2,1-2H3. The van der Waals surface area contributed by atoms with Gasteiger partial charge in [0.25, 0.3) is 11.1 Å². The topological polar surface area (TPSA) is 44.0 Å². The van der Waals surface area contributed by atoms with E-state index < -0.39 is 0 Å². The van der Waals surface area contributed by atoms with Gasteiger partial charge in [-0.1, -0.05) is 17.7 Å². The number of aromatic nitrogens is 2. The molecule has 35 heavy (non-hydrogen) atoms. The monoisotopic (exact) mass is 496 g/mol. The number of rotatable bonds is 4. The van der Waals surface area contributed by atoms with Crippen molar-refractivity contribution in [2.75, 3.05) is 0 Å². The molecule has 2 aromatic heterocycles. The number of hydrogen-bond donors (Lipinski definition) is 0. The van der Waals surface area contributed by atoms with E-state index in [0.717, 1.165) is 33.6 Å². The van der Waals surface area contributed by atoms with Crippen molar-refractivity contribution in [1.82, 2.24) is 9.13 Å². The molecular weight excluding hydrogens is 470 g/mol. The van der Waals surface area contributed by atoms with Crippen LogP contribution in [0.3, 0.4) is 0 Å². The van der Waals surface area contributed by atoms with E-state index in [9.17, 15) is 18.4 Å². The molecular formula is C28H27ClF2N2O2. The molecule has 0 aliphatic carbocycles. The Morgan fingerprint density at radius 3 is 1.60 bits per heavy atom. The SMILES string of the molecule is CCn1c(-c2ccc(F)cc2)c(C)cc(Cl)c1=O.CCn1c(-c2ccc(F)cc2)c(C)ccc1=O. The van der Waals surface area contributed by atoms with Gasteiger partial charge in [-0.3, -0.25) is 9.59 Å². The minimum atomic E-state index is -0.296. The van der Waals surface area contributed by atoms with E-state index in [1.165, 1.54) is 24.3 Å². The van der Waals surface area contributed by atoms with E-state index >= 15 is 0 Å². The summed E-state index contributed by atoms with van der Waals surface area (Å²) in [6, 6.07) is 17.3. The molecule has 0 unspecified atom stereocenters. The van der Waals surface area contributed by atoms with Crippen molar-refractivity contribution in [3.63, 3.8) is 0 Å². The van der Waals surface area contributed by atoms with Gasteiger partial charge in [-0.05, 0) is 105 Å². The smallest absolute Gasteiger partial charge is 0.269 e. The fraction of sp³-hybridized carbons (Fsp3) is 0.214. The number of hydrogen-bond acceptors (Lipinski definition) is 2. The van der Waals surface area contributed by atoms with Crippen molar-refractivity contribution in [2.24, 2.45) is 0 Å². The zero-order valence-electron chi connectivity index (χ0n) is 20.1. The van der Waals surface area contributed by atoms with E-state index in [-0.39, 0.29) is 27.8 Å². The van der Waals surface area contributed by atoms with E-state index in [4.69, 9.17) is 11.6 Å². The summed E-state index contributed by atoms with van der Waals surface area (Å²) in [6.45, 7) is 8.76. The lowest BCUT2D eigenvalue weighted by Crippen LogP contribution is -2.22. The van der Waals surface area contributed by atoms with Gasteiger partial charge >= 0.3 is 0 Å². The molecule has 0 saturated carbocycles. The van der Waals surface area contributed by atoms with Gasteiger partial charge in [-0.15, -0.1) is 0 Å². The number of nitrogens with zero attached hydrogens (tertiary/aromatic N) is 2. The number of pyridine rings is 2. The molecule has 2 aromatic carbocycles. The lowest BCUT2D eigenvalue weighted by Gasteiger charge is -2.14. The lowest BCUT2D eigenvalue weighted by molar-refractivity contribution is 0.627. The van der Waals surface area contributed by atoms with Crippen LogP contribution in [0.2, 0.25) is 5.02 Å². The Morgan fingerprint density at radius 2 is 1.14 bits per heavy atom. The van der Waals surface area contributed by atoms with Gasteiger partial charge < -0.3 is 9.13 Å². The maximum atomic E-state index is 12.9. The third-order valence-electron chi connectivity index (χ3n) is 5.69. The molecule has 0 amide bonds. The highest BCUT2D eigenvalue weighted by molar-refractivity contribution is 6.30. The Labute approximate surface area is 208 Å². The second-order valence-electron chi connectivity index (χ2n) is 8.03. The van der Waals surface area contributed by atoms with Crippen LogP contribution in [-0.2, 0) is 13.1 Å².